The summed E-state index contributed by atoms with van der Waals surface area (Å²) in [7, 11) is 1.12. The fourth-order valence-corrected chi connectivity index (χ4v) is 5.61. The molecule has 2 atom stereocenters. The smallest absolute Gasteiger partial charge is 0.433 e. The summed E-state index contributed by atoms with van der Waals surface area (Å²) in [6, 6.07) is 30.2. The van der Waals surface area contributed by atoms with Crippen LogP contribution in [0, 0.1) is 0 Å². The summed E-state index contributed by atoms with van der Waals surface area (Å²) < 4.78 is 104. The van der Waals surface area contributed by atoms with Crippen LogP contribution >= 0.6 is 0 Å². The molecule has 4 aromatic rings. The van der Waals surface area contributed by atoms with Gasteiger partial charge in [0.15, 0.2) is 17.5 Å². The Morgan fingerprint density at radius 3 is 1.60 bits per heavy atom. The van der Waals surface area contributed by atoms with E-state index in [1.54, 1.807) is 0 Å². The number of anilines is 2. The van der Waals surface area contributed by atoms with E-state index in [1.165, 1.54) is 48.5 Å². The molecule has 2 aliphatic heterocycles. The number of benzene rings is 4. The van der Waals surface area contributed by atoms with Gasteiger partial charge in [0.05, 0.1) is 11.4 Å². The number of alkyl halides is 6. The van der Waals surface area contributed by atoms with Gasteiger partial charge in [0.25, 0.3) is 0 Å². The van der Waals surface area contributed by atoms with Crippen molar-refractivity contribution in [2.45, 2.75) is 43.8 Å². The van der Waals surface area contributed by atoms with Crippen LogP contribution in [-0.2, 0) is 18.0 Å². The summed E-state index contributed by atoms with van der Waals surface area (Å²) in [4.78, 5) is 0. The van der Waals surface area contributed by atoms with E-state index in [9.17, 15) is 26.3 Å². The van der Waals surface area contributed by atoms with Crippen molar-refractivity contribution in [1.82, 2.24) is 0 Å². The summed E-state index contributed by atoms with van der Waals surface area (Å²) in [6.07, 6.45) is -13.0. The molecule has 0 aromatic heterocycles. The molecule has 0 amide bonds. The average Bonchev–Trinajstić information content (AvgIpc) is 3.63. The molecule has 244 valence electrons. The van der Waals surface area contributed by atoms with Crippen LogP contribution in [0.15, 0.2) is 119 Å². The Balaban J connectivity index is 1.33. The highest BCUT2D eigenvalue weighted by Gasteiger charge is 2.68. The molecule has 13 heteroatoms. The number of hydrazone groups is 2. The summed E-state index contributed by atoms with van der Waals surface area (Å²) in [5, 5.41) is 9.24. The molecule has 0 unspecified atom stereocenters. The normalized spacial score (nSPS) is 19.6. The molecule has 0 radical (unpaired) electrons. The highest BCUT2D eigenvalue weighted by molar-refractivity contribution is 6.11. The number of halogens is 6. The molecule has 7 nitrogen and oxygen atoms in total. The lowest BCUT2D eigenvalue weighted by molar-refractivity contribution is -0.0684. The number of rotatable bonds is 9. The Labute approximate surface area is 266 Å². The van der Waals surface area contributed by atoms with Crippen molar-refractivity contribution in [3.8, 4) is 11.5 Å². The molecule has 2 aliphatic rings. The topological polar surface area (TPSA) is 58.9 Å². The Bertz CT molecular complexity index is 1730. The average molecular weight is 655 g/mol. The number of nitrogens with zero attached hydrogens (tertiary/aromatic N) is 4. The molecule has 2 heterocycles. The quantitative estimate of drug-likeness (QED) is 0.171. The molecule has 0 bridgehead atoms. The van der Waals surface area contributed by atoms with Gasteiger partial charge >= 0.3 is 12.4 Å². The van der Waals surface area contributed by atoms with Crippen molar-refractivity contribution in [2.24, 2.45) is 10.2 Å². The summed E-state index contributed by atoms with van der Waals surface area (Å²) in [6.45, 7) is 0.471. The maximum atomic E-state index is 14.8. The molecule has 0 N–H and O–H groups in total. The van der Waals surface area contributed by atoms with Gasteiger partial charge in [-0.05, 0) is 59.7 Å². The molecule has 47 heavy (non-hydrogen) atoms. The van der Waals surface area contributed by atoms with E-state index in [0.717, 1.165) is 23.2 Å². The third-order valence-electron chi connectivity index (χ3n) is 7.78. The first-order valence-electron chi connectivity index (χ1n) is 14.5. The van der Waals surface area contributed by atoms with Crippen molar-refractivity contribution in [1.29, 1.82) is 0 Å². The Morgan fingerprint density at radius 2 is 1.15 bits per heavy atom. The van der Waals surface area contributed by atoms with Gasteiger partial charge in [-0.2, -0.15) is 36.5 Å². The monoisotopic (exact) mass is 654 g/mol. The zero-order chi connectivity index (χ0) is 33.2. The van der Waals surface area contributed by atoms with Crippen LogP contribution in [0.4, 0.5) is 37.7 Å². The minimum absolute atomic E-state index is 0.0400. The molecule has 0 saturated carbocycles. The number of hydrogen-bond acceptors (Lipinski definition) is 7. The van der Waals surface area contributed by atoms with Crippen LogP contribution in [0.5, 0.6) is 11.5 Å². The van der Waals surface area contributed by atoms with E-state index in [2.05, 4.69) is 10.2 Å². The van der Waals surface area contributed by atoms with Gasteiger partial charge in [-0.1, -0.05) is 60.7 Å². The van der Waals surface area contributed by atoms with Gasteiger partial charge < -0.3 is 14.2 Å². The predicted octanol–water partition coefficient (Wildman–Crippen LogP) is 8.12. The largest absolute Gasteiger partial charge is 0.489 e. The maximum absolute atomic E-state index is 14.8. The van der Waals surface area contributed by atoms with E-state index in [4.69, 9.17) is 14.2 Å². The van der Waals surface area contributed by atoms with Crippen molar-refractivity contribution in [3.05, 3.63) is 120 Å². The standard InChI is InChI=1S/C34H28F6N4O3/c1-45-31-32(30(34(38,39)40)42-43(31)25-12-16-27(17-13-25)46-21-23-8-4-2-5-9-23)20-29(33(35,36)37)41-44(32)26-14-18-28(19-15-26)47-22-24-10-6-3-7-11-24/h2-19,31H,20-22H2,1H3/t31-,32+/m0/s1. The van der Waals surface area contributed by atoms with Gasteiger partial charge in [0.2, 0.25) is 0 Å². The second kappa shape index (κ2) is 12.6. The molecule has 4 aromatic carbocycles. The van der Waals surface area contributed by atoms with E-state index < -0.39 is 42.0 Å². The van der Waals surface area contributed by atoms with Crippen LogP contribution in [0.1, 0.15) is 17.5 Å². The second-order valence-electron chi connectivity index (χ2n) is 10.9. The lowest BCUT2D eigenvalue weighted by Gasteiger charge is -2.40. The van der Waals surface area contributed by atoms with Crippen LogP contribution in [0.25, 0.3) is 0 Å². The van der Waals surface area contributed by atoms with Crippen LogP contribution in [0.3, 0.4) is 0 Å². The van der Waals surface area contributed by atoms with Gasteiger partial charge in [-0.25, -0.2) is 10.0 Å². The van der Waals surface area contributed by atoms with Crippen molar-refractivity contribution >= 4 is 22.8 Å². The fraction of sp³-hybridized carbons (Fsp3) is 0.235. The molecular formula is C34H28F6N4O3. The molecule has 6 rings (SSSR count). The maximum Gasteiger partial charge on any atom is 0.433 e. The first-order valence-corrected chi connectivity index (χ1v) is 14.5. The third-order valence-corrected chi connectivity index (χ3v) is 7.78. The molecule has 0 aliphatic carbocycles. The van der Waals surface area contributed by atoms with Crippen molar-refractivity contribution in [3.63, 3.8) is 0 Å². The van der Waals surface area contributed by atoms with E-state index >= 15 is 0 Å². The number of ether oxygens (including phenoxy) is 3. The van der Waals surface area contributed by atoms with Gasteiger partial charge in [-0.15, -0.1) is 0 Å². The zero-order valence-corrected chi connectivity index (χ0v) is 24.9. The Hall–Kier alpha value is -5.04. The van der Waals surface area contributed by atoms with Crippen molar-refractivity contribution in [2.75, 3.05) is 17.1 Å². The SMILES string of the molecule is CO[C@@H]1N(c2ccc(OCc3ccccc3)cc2)N=C(C(F)(F)F)[C@]12CC(C(F)(F)F)=NN2c1ccc(OCc2ccccc2)cc1. The first-order chi connectivity index (χ1) is 22.5. The molecule has 0 fully saturated rings. The van der Waals surface area contributed by atoms with Crippen LogP contribution in [-0.4, -0.2) is 42.7 Å². The van der Waals surface area contributed by atoms with Gasteiger partial charge in [0.1, 0.15) is 30.4 Å². The fourth-order valence-electron chi connectivity index (χ4n) is 5.61. The van der Waals surface area contributed by atoms with E-state index in [1.807, 2.05) is 60.7 Å². The molecule has 1 spiro atoms. The summed E-state index contributed by atoms with van der Waals surface area (Å²) >= 11 is 0. The Kier molecular flexibility index (Phi) is 8.58. The molecule has 0 saturated heterocycles. The van der Waals surface area contributed by atoms with Gasteiger partial charge in [-0.3, -0.25) is 0 Å². The lowest BCUT2D eigenvalue weighted by atomic mass is 9.85. The van der Waals surface area contributed by atoms with Crippen LogP contribution in [0.2, 0.25) is 0 Å². The lowest BCUT2D eigenvalue weighted by Crippen LogP contribution is -2.62. The minimum atomic E-state index is -5.14. The third kappa shape index (κ3) is 6.48. The van der Waals surface area contributed by atoms with Crippen molar-refractivity contribution < 1.29 is 40.6 Å². The number of hydrogen-bond donors (Lipinski definition) is 0. The summed E-state index contributed by atoms with van der Waals surface area (Å²) in [5.74, 6) is 0.793. The second-order valence-corrected chi connectivity index (χ2v) is 10.9. The summed E-state index contributed by atoms with van der Waals surface area (Å²) in [5.41, 5.74) is -3.50. The zero-order valence-electron chi connectivity index (χ0n) is 24.9. The Morgan fingerprint density at radius 1 is 0.660 bits per heavy atom. The predicted molar refractivity (Wildman–Crippen MR) is 165 cm³/mol. The first kappa shape index (κ1) is 31.9. The number of methoxy groups -OCH3 is 1. The molecular weight excluding hydrogens is 626 g/mol. The minimum Gasteiger partial charge on any atom is -0.489 e. The highest BCUT2D eigenvalue weighted by atomic mass is 19.4. The van der Waals surface area contributed by atoms with Crippen LogP contribution < -0.4 is 19.5 Å². The van der Waals surface area contributed by atoms with E-state index in [0.29, 0.717) is 16.5 Å². The highest BCUT2D eigenvalue weighted by Crippen LogP contribution is 2.50. The van der Waals surface area contributed by atoms with Gasteiger partial charge in [0, 0.05) is 13.5 Å². The van der Waals surface area contributed by atoms with E-state index in [-0.39, 0.29) is 24.6 Å².